The summed E-state index contributed by atoms with van der Waals surface area (Å²) >= 11 is 7.51. The molecule has 1 amide bonds. The number of ether oxygens (including phenoxy) is 1. The number of hydrogen-bond donors (Lipinski definition) is 2. The van der Waals surface area contributed by atoms with Crippen LogP contribution in [-0.4, -0.2) is 18.3 Å². The molecule has 0 saturated carbocycles. The van der Waals surface area contributed by atoms with E-state index in [1.165, 1.54) is 11.8 Å². The summed E-state index contributed by atoms with van der Waals surface area (Å²) in [5, 5.41) is 3.05. The molecule has 22 heavy (non-hydrogen) atoms. The van der Waals surface area contributed by atoms with Gasteiger partial charge < -0.3 is 15.8 Å². The third kappa shape index (κ3) is 4.32. The summed E-state index contributed by atoms with van der Waals surface area (Å²) in [5.41, 5.74) is 6.99. The summed E-state index contributed by atoms with van der Waals surface area (Å²) in [5.74, 6) is 0.479. The summed E-state index contributed by atoms with van der Waals surface area (Å²) in [6.45, 7) is 1.85. The Hall–Kier alpha value is -1.85. The molecule has 0 heterocycles. The van der Waals surface area contributed by atoms with E-state index in [-0.39, 0.29) is 11.2 Å². The first kappa shape index (κ1) is 16.5. The Morgan fingerprint density at radius 1 is 1.27 bits per heavy atom. The number of rotatable bonds is 5. The molecule has 0 aliphatic heterocycles. The SMILES string of the molecule is COc1ccc(NC(=O)[C@@H](C)Sc2ccc(N)cc2)cc1Cl. The number of nitrogens with two attached hydrogens (primary N) is 1. The minimum Gasteiger partial charge on any atom is -0.495 e. The molecule has 116 valence electrons. The Labute approximate surface area is 139 Å². The number of amides is 1. The van der Waals surface area contributed by atoms with Crippen LogP contribution in [0, 0.1) is 0 Å². The van der Waals surface area contributed by atoms with Crippen LogP contribution in [0.1, 0.15) is 6.92 Å². The second-order valence-corrected chi connectivity index (χ2v) is 6.49. The smallest absolute Gasteiger partial charge is 0.237 e. The largest absolute Gasteiger partial charge is 0.495 e. The van der Waals surface area contributed by atoms with Crippen LogP contribution in [0.3, 0.4) is 0 Å². The van der Waals surface area contributed by atoms with E-state index in [0.29, 0.717) is 22.1 Å². The third-order valence-corrected chi connectivity index (χ3v) is 4.39. The molecule has 0 bridgehead atoms. The van der Waals surface area contributed by atoms with Gasteiger partial charge in [0.05, 0.1) is 17.4 Å². The molecule has 0 saturated heterocycles. The molecule has 0 fully saturated rings. The molecule has 0 unspecified atom stereocenters. The molecular formula is C16H17ClN2O2S. The van der Waals surface area contributed by atoms with Gasteiger partial charge >= 0.3 is 0 Å². The van der Waals surface area contributed by atoms with Gasteiger partial charge in [-0.05, 0) is 49.4 Å². The van der Waals surface area contributed by atoms with Crippen molar-refractivity contribution in [2.24, 2.45) is 0 Å². The van der Waals surface area contributed by atoms with Gasteiger partial charge in [-0.2, -0.15) is 0 Å². The minimum atomic E-state index is -0.246. The Kier molecular flexibility index (Phi) is 5.57. The van der Waals surface area contributed by atoms with Crippen molar-refractivity contribution < 1.29 is 9.53 Å². The van der Waals surface area contributed by atoms with Gasteiger partial charge in [0.15, 0.2) is 0 Å². The van der Waals surface area contributed by atoms with Crippen molar-refractivity contribution in [3.05, 3.63) is 47.5 Å². The molecule has 1 atom stereocenters. The number of thioether (sulfide) groups is 1. The lowest BCUT2D eigenvalue weighted by atomic mass is 10.3. The van der Waals surface area contributed by atoms with Crippen LogP contribution in [0.25, 0.3) is 0 Å². The number of nitrogens with one attached hydrogen (secondary N) is 1. The maximum Gasteiger partial charge on any atom is 0.237 e. The molecule has 0 aliphatic carbocycles. The van der Waals surface area contributed by atoms with Crippen molar-refractivity contribution in [2.45, 2.75) is 17.1 Å². The van der Waals surface area contributed by atoms with Crippen molar-refractivity contribution in [2.75, 3.05) is 18.2 Å². The van der Waals surface area contributed by atoms with E-state index in [2.05, 4.69) is 5.32 Å². The highest BCUT2D eigenvalue weighted by atomic mass is 35.5. The lowest BCUT2D eigenvalue weighted by Gasteiger charge is -2.13. The molecule has 6 heteroatoms. The van der Waals surface area contributed by atoms with E-state index in [4.69, 9.17) is 22.1 Å². The van der Waals surface area contributed by atoms with Crippen molar-refractivity contribution in [3.8, 4) is 5.75 Å². The van der Waals surface area contributed by atoms with Gasteiger partial charge in [-0.15, -0.1) is 11.8 Å². The Morgan fingerprint density at radius 3 is 2.55 bits per heavy atom. The van der Waals surface area contributed by atoms with Crippen LogP contribution in [0.5, 0.6) is 5.75 Å². The quantitative estimate of drug-likeness (QED) is 0.638. The molecule has 2 aromatic carbocycles. The lowest BCUT2D eigenvalue weighted by Crippen LogP contribution is -2.22. The topological polar surface area (TPSA) is 64.3 Å². The fourth-order valence-corrected chi connectivity index (χ4v) is 2.92. The second-order valence-electron chi connectivity index (χ2n) is 4.67. The predicted octanol–water partition coefficient (Wildman–Crippen LogP) is 4.05. The molecule has 3 N–H and O–H groups in total. The fourth-order valence-electron chi connectivity index (χ4n) is 1.79. The van der Waals surface area contributed by atoms with Gasteiger partial charge in [0.1, 0.15) is 5.75 Å². The van der Waals surface area contributed by atoms with E-state index in [9.17, 15) is 4.79 Å². The first-order valence-electron chi connectivity index (χ1n) is 6.66. The van der Waals surface area contributed by atoms with E-state index in [1.54, 1.807) is 25.3 Å². The zero-order valence-electron chi connectivity index (χ0n) is 12.3. The summed E-state index contributed by atoms with van der Waals surface area (Å²) in [6.07, 6.45) is 0. The maximum atomic E-state index is 12.2. The van der Waals surface area contributed by atoms with Crippen molar-refractivity contribution >= 4 is 40.6 Å². The summed E-state index contributed by atoms with van der Waals surface area (Å²) < 4.78 is 5.08. The Balaban J connectivity index is 1.99. The van der Waals surface area contributed by atoms with Gasteiger partial charge in [-0.1, -0.05) is 11.6 Å². The summed E-state index contributed by atoms with van der Waals surface area (Å²) in [7, 11) is 1.55. The average Bonchev–Trinajstić information content (AvgIpc) is 2.49. The Bertz CT molecular complexity index is 662. The highest BCUT2D eigenvalue weighted by Gasteiger charge is 2.15. The average molecular weight is 337 g/mol. The summed E-state index contributed by atoms with van der Waals surface area (Å²) in [6, 6.07) is 12.6. The first-order valence-corrected chi connectivity index (χ1v) is 7.92. The van der Waals surface area contributed by atoms with Crippen molar-refractivity contribution in [3.63, 3.8) is 0 Å². The molecule has 4 nitrogen and oxygen atoms in total. The van der Waals surface area contributed by atoms with E-state index < -0.39 is 0 Å². The molecule has 0 radical (unpaired) electrons. The zero-order valence-corrected chi connectivity index (χ0v) is 13.9. The molecule has 0 aliphatic rings. The number of methoxy groups -OCH3 is 1. The van der Waals surface area contributed by atoms with Gasteiger partial charge in [0.25, 0.3) is 0 Å². The zero-order chi connectivity index (χ0) is 16.1. The number of hydrogen-bond acceptors (Lipinski definition) is 4. The van der Waals surface area contributed by atoms with Crippen molar-refractivity contribution in [1.29, 1.82) is 0 Å². The van der Waals surface area contributed by atoms with Gasteiger partial charge in [0, 0.05) is 16.3 Å². The van der Waals surface area contributed by atoms with E-state index in [0.717, 1.165) is 4.90 Å². The number of carbonyl (C=O) groups is 1. The standard InChI is InChI=1S/C16H17ClN2O2S/c1-10(22-13-6-3-11(18)4-7-13)16(20)19-12-5-8-15(21-2)14(17)9-12/h3-10H,18H2,1-2H3,(H,19,20)/t10-/m1/s1. The molecule has 2 aromatic rings. The maximum absolute atomic E-state index is 12.2. The van der Waals surface area contributed by atoms with Gasteiger partial charge in [0.2, 0.25) is 5.91 Å². The van der Waals surface area contributed by atoms with Crippen LogP contribution < -0.4 is 15.8 Å². The van der Waals surface area contributed by atoms with E-state index >= 15 is 0 Å². The normalized spacial score (nSPS) is 11.8. The highest BCUT2D eigenvalue weighted by Crippen LogP contribution is 2.28. The monoisotopic (exact) mass is 336 g/mol. The van der Waals surface area contributed by atoms with Crippen LogP contribution in [0.2, 0.25) is 5.02 Å². The number of carbonyl (C=O) groups excluding carboxylic acids is 1. The van der Waals surface area contributed by atoms with Crippen LogP contribution in [0.4, 0.5) is 11.4 Å². The van der Waals surface area contributed by atoms with Crippen molar-refractivity contribution in [1.82, 2.24) is 0 Å². The summed E-state index contributed by atoms with van der Waals surface area (Å²) in [4.78, 5) is 13.2. The number of anilines is 2. The minimum absolute atomic E-state index is 0.0944. The molecule has 0 spiro atoms. The highest BCUT2D eigenvalue weighted by molar-refractivity contribution is 8.00. The second kappa shape index (κ2) is 7.42. The van der Waals surface area contributed by atoms with Gasteiger partial charge in [-0.25, -0.2) is 0 Å². The number of halogens is 1. The Morgan fingerprint density at radius 2 is 1.95 bits per heavy atom. The molecular weight excluding hydrogens is 320 g/mol. The van der Waals surface area contributed by atoms with E-state index in [1.807, 2.05) is 31.2 Å². The third-order valence-electron chi connectivity index (χ3n) is 2.98. The first-order chi connectivity index (χ1) is 10.5. The number of nitrogen functional groups attached to an aromatic ring is 1. The predicted molar refractivity (Wildman–Crippen MR) is 92.8 cm³/mol. The van der Waals surface area contributed by atoms with Crippen LogP contribution >= 0.6 is 23.4 Å². The molecule has 2 rings (SSSR count). The molecule has 0 aromatic heterocycles. The number of benzene rings is 2. The van der Waals surface area contributed by atoms with Crippen LogP contribution in [-0.2, 0) is 4.79 Å². The van der Waals surface area contributed by atoms with Crippen LogP contribution in [0.15, 0.2) is 47.4 Å². The van der Waals surface area contributed by atoms with Gasteiger partial charge in [-0.3, -0.25) is 4.79 Å². The lowest BCUT2D eigenvalue weighted by molar-refractivity contribution is -0.115. The fraction of sp³-hybridized carbons (Fsp3) is 0.188.